The molecule has 0 fully saturated rings. The monoisotopic (exact) mass is 831 g/mol. The van der Waals surface area contributed by atoms with Crippen LogP contribution in [0.4, 0.5) is 0 Å². The fourth-order valence-electron chi connectivity index (χ4n) is 4.80. The van der Waals surface area contributed by atoms with E-state index in [1.54, 1.807) is 36.4 Å². The van der Waals surface area contributed by atoms with Gasteiger partial charge in [0.15, 0.2) is 0 Å². The van der Waals surface area contributed by atoms with Gasteiger partial charge in [0.25, 0.3) is 0 Å². The molecule has 0 aliphatic heterocycles. The molecule has 0 spiro atoms. The molecule has 265 valence electrons. The summed E-state index contributed by atoms with van der Waals surface area (Å²) in [5.74, 6) is 0.255. The van der Waals surface area contributed by atoms with Crippen LogP contribution in [-0.2, 0) is 0 Å². The zero-order chi connectivity index (χ0) is 36.3. The Morgan fingerprint density at radius 3 is 0.673 bits per heavy atom. The van der Waals surface area contributed by atoms with Crippen LogP contribution in [0, 0.1) is 49.4 Å². The molecule has 6 N–H and O–H groups in total. The van der Waals surface area contributed by atoms with E-state index in [2.05, 4.69) is 0 Å². The molecule has 0 aromatic heterocycles. The Hall–Kier alpha value is -4.60. The second-order valence-corrected chi connectivity index (χ2v) is 11.3. The van der Waals surface area contributed by atoms with E-state index in [-0.39, 0.29) is 66.7 Å². The van der Waals surface area contributed by atoms with Crippen molar-refractivity contribution in [2.45, 2.75) is 18.3 Å². The maximum absolute atomic E-state index is 9.92. The molecule has 0 aliphatic carbocycles. The molecule has 6 rings (SSSR count). The van der Waals surface area contributed by atoms with E-state index in [9.17, 15) is 30.6 Å². The van der Waals surface area contributed by atoms with E-state index in [1.807, 2.05) is 146 Å². The Bertz CT molecular complexity index is 1700. The largest absolute Gasteiger partial charge is 0.508 e. The second-order valence-electron chi connectivity index (χ2n) is 11.3. The summed E-state index contributed by atoms with van der Waals surface area (Å²) in [5.41, 5.74) is 4.37. The van der Waals surface area contributed by atoms with Gasteiger partial charge in [0.05, 0.1) is 0 Å². The van der Waals surface area contributed by atoms with Gasteiger partial charge in [0, 0.05) is 66.1 Å². The minimum atomic E-state index is -0.795. The molecule has 0 amide bonds. The van der Waals surface area contributed by atoms with Crippen LogP contribution >= 0.6 is 0 Å². The first-order chi connectivity index (χ1) is 24.8. The van der Waals surface area contributed by atoms with E-state index in [4.69, 9.17) is 0 Å². The van der Waals surface area contributed by atoms with E-state index >= 15 is 0 Å². The molecule has 6 aromatic carbocycles. The summed E-state index contributed by atoms with van der Waals surface area (Å²) in [7, 11) is 0. The molecule has 0 aliphatic rings. The third kappa shape index (κ3) is 14.2. The van der Waals surface area contributed by atoms with Crippen molar-refractivity contribution in [2.24, 2.45) is 0 Å². The van der Waals surface area contributed by atoms with Crippen LogP contribution in [0.1, 0.15) is 51.7 Å². The fourth-order valence-corrected chi connectivity index (χ4v) is 4.80. The third-order valence-electron chi connectivity index (χ3n) is 7.58. The Balaban J connectivity index is 0.000000208. The first-order valence-corrected chi connectivity index (χ1v) is 16.4. The van der Waals surface area contributed by atoms with Gasteiger partial charge in [-0.1, -0.05) is 182 Å². The van der Waals surface area contributed by atoms with Gasteiger partial charge in [-0.05, 0) is 34.9 Å². The number of hydrogen-bond acceptors (Lipinski definition) is 6. The molecule has 7 heteroatoms. The van der Waals surface area contributed by atoms with Crippen LogP contribution in [0.3, 0.4) is 0 Å². The number of aliphatic hydroxyl groups is 6. The Morgan fingerprint density at radius 2 is 0.481 bits per heavy atom. The maximum Gasteiger partial charge on any atom is 0.121 e. The Kier molecular flexibility index (Phi) is 18.5. The molecule has 3 atom stereocenters. The molecular weight excluding hydrogens is 788 g/mol. The third-order valence-corrected chi connectivity index (χ3v) is 7.58. The molecule has 0 saturated heterocycles. The summed E-state index contributed by atoms with van der Waals surface area (Å²) < 4.78 is 0. The molecule has 3 unspecified atom stereocenters. The Morgan fingerprint density at radius 1 is 0.308 bits per heavy atom. The predicted molar refractivity (Wildman–Crippen MR) is 205 cm³/mol. The Labute approximate surface area is 346 Å². The van der Waals surface area contributed by atoms with Crippen LogP contribution in [0.15, 0.2) is 200 Å². The van der Waals surface area contributed by atoms with Crippen molar-refractivity contribution in [1.29, 1.82) is 0 Å². The molecular formula is C45H42EuO6. The average Bonchev–Trinajstić information content (AvgIpc) is 3.20. The van der Waals surface area contributed by atoms with E-state index in [0.29, 0.717) is 16.7 Å². The molecule has 0 bridgehead atoms. The van der Waals surface area contributed by atoms with Crippen LogP contribution < -0.4 is 0 Å². The van der Waals surface area contributed by atoms with Crippen molar-refractivity contribution >= 4 is 17.3 Å². The predicted octanol–water partition coefficient (Wildman–Crippen LogP) is 9.96. The molecule has 1 radical (unpaired) electrons. The van der Waals surface area contributed by atoms with Gasteiger partial charge in [-0.3, -0.25) is 0 Å². The number of rotatable bonds is 9. The van der Waals surface area contributed by atoms with Gasteiger partial charge in [-0.25, -0.2) is 0 Å². The van der Waals surface area contributed by atoms with Crippen molar-refractivity contribution in [2.75, 3.05) is 0 Å². The normalized spacial score (nSPS) is 13.1. The topological polar surface area (TPSA) is 121 Å². The van der Waals surface area contributed by atoms with Gasteiger partial charge >= 0.3 is 0 Å². The van der Waals surface area contributed by atoms with Crippen molar-refractivity contribution in [1.82, 2.24) is 0 Å². The number of aliphatic hydroxyl groups excluding tert-OH is 6. The molecule has 6 aromatic rings. The second kappa shape index (κ2) is 23.1. The van der Waals surface area contributed by atoms with Crippen LogP contribution in [0.2, 0.25) is 0 Å². The summed E-state index contributed by atoms with van der Waals surface area (Å²) in [6.45, 7) is 0. The molecule has 0 heterocycles. The molecule has 0 saturated carbocycles. The zero-order valence-corrected chi connectivity index (χ0v) is 30.8. The fraction of sp³-hybridized carbons (Fsp3) is 0.0667. The van der Waals surface area contributed by atoms with Crippen molar-refractivity contribution in [3.05, 3.63) is 234 Å². The first kappa shape index (κ1) is 41.8. The summed E-state index contributed by atoms with van der Waals surface area (Å²) >= 11 is 0. The smallest absolute Gasteiger partial charge is 0.121 e. The van der Waals surface area contributed by atoms with Crippen LogP contribution in [-0.4, -0.2) is 30.6 Å². The summed E-state index contributed by atoms with van der Waals surface area (Å²) in [5, 5.41) is 59.3. The molecule has 6 nitrogen and oxygen atoms in total. The van der Waals surface area contributed by atoms with E-state index < -0.39 is 18.3 Å². The van der Waals surface area contributed by atoms with E-state index in [0.717, 1.165) is 16.7 Å². The molecule has 52 heavy (non-hydrogen) atoms. The minimum absolute atomic E-state index is 0. The maximum atomic E-state index is 9.92. The minimum Gasteiger partial charge on any atom is -0.508 e. The van der Waals surface area contributed by atoms with Crippen molar-refractivity contribution in [3.63, 3.8) is 0 Å². The number of hydrogen-bond donors (Lipinski definition) is 6. The number of benzene rings is 6. The van der Waals surface area contributed by atoms with Gasteiger partial charge < -0.3 is 30.6 Å². The van der Waals surface area contributed by atoms with Crippen molar-refractivity contribution in [3.8, 4) is 0 Å². The van der Waals surface area contributed by atoms with Gasteiger partial charge in [-0.15, -0.1) is 0 Å². The SMILES string of the molecule is OC(=CC(O)c1ccccc1)c1ccccc1.OC(=CC(O)c1ccccc1)c1ccccc1.OC(=CC(O)c1ccccc1)c1ccccc1.[Eu]. The van der Waals surface area contributed by atoms with E-state index in [1.165, 1.54) is 18.2 Å². The summed E-state index contributed by atoms with van der Waals surface area (Å²) in [6.07, 6.45) is 1.92. The van der Waals surface area contributed by atoms with Crippen molar-refractivity contribution < 1.29 is 80.0 Å². The zero-order valence-electron chi connectivity index (χ0n) is 28.3. The summed E-state index contributed by atoms with van der Waals surface area (Å²) in [4.78, 5) is 0. The first-order valence-electron chi connectivity index (χ1n) is 16.4. The summed E-state index contributed by atoms with van der Waals surface area (Å²) in [6, 6.07) is 55.1. The van der Waals surface area contributed by atoms with Gasteiger partial charge in [0.2, 0.25) is 0 Å². The quantitative estimate of drug-likeness (QED) is 0.0808. The average molecular weight is 831 g/mol. The standard InChI is InChI=1S/3C15H14O2.Eu/c3*16-14(12-7-3-1-4-8-12)11-15(17)13-9-5-2-6-10-13;/h3*1-11,14,16-17H;. The van der Waals surface area contributed by atoms with Crippen LogP contribution in [0.25, 0.3) is 17.3 Å². The van der Waals surface area contributed by atoms with Gasteiger partial charge in [0.1, 0.15) is 35.6 Å². The van der Waals surface area contributed by atoms with Gasteiger partial charge in [-0.2, -0.15) is 0 Å². The van der Waals surface area contributed by atoms with Crippen LogP contribution in [0.5, 0.6) is 0 Å².